The molecule has 1 saturated heterocycles. The highest BCUT2D eigenvalue weighted by Crippen LogP contribution is 2.17. The second-order valence-electron chi connectivity index (χ2n) is 4.59. The molecule has 1 aliphatic heterocycles. The van der Waals surface area contributed by atoms with E-state index >= 15 is 0 Å². The Balaban J connectivity index is 2.48. The Bertz CT molecular complexity index is 201. The quantitative estimate of drug-likeness (QED) is 0.741. The molecule has 14 heavy (non-hydrogen) atoms. The van der Waals surface area contributed by atoms with Gasteiger partial charge in [0.15, 0.2) is 0 Å². The molecule has 2 unspecified atom stereocenters. The molecule has 0 aromatic carbocycles. The van der Waals surface area contributed by atoms with E-state index in [9.17, 15) is 4.79 Å². The summed E-state index contributed by atoms with van der Waals surface area (Å²) in [6, 6.07) is -0.301. The molecule has 1 heterocycles. The zero-order chi connectivity index (χ0) is 10.7. The summed E-state index contributed by atoms with van der Waals surface area (Å²) in [5, 5.41) is 0. The third-order valence-electron chi connectivity index (χ3n) is 3.28. The minimum atomic E-state index is -0.301. The largest absolute Gasteiger partial charge is 0.341 e. The number of rotatable bonds is 3. The standard InChI is InChI=1S/C11H22N2O/c1-4-9(3)10(12)11(14)13-6-5-8(2)7-13/h8-10H,4-7,12H2,1-3H3/t8?,9?,10-/m0/s1. The average molecular weight is 198 g/mol. The number of nitrogens with zero attached hydrogens (tertiary/aromatic N) is 1. The lowest BCUT2D eigenvalue weighted by atomic mass is 9.99. The fraction of sp³-hybridized carbons (Fsp3) is 0.909. The fourth-order valence-corrected chi connectivity index (χ4v) is 1.84. The van der Waals surface area contributed by atoms with Crippen molar-refractivity contribution in [3.63, 3.8) is 0 Å². The zero-order valence-corrected chi connectivity index (χ0v) is 9.49. The first-order valence-corrected chi connectivity index (χ1v) is 5.60. The molecule has 1 rings (SSSR count). The van der Waals surface area contributed by atoms with Crippen molar-refractivity contribution >= 4 is 5.91 Å². The minimum Gasteiger partial charge on any atom is -0.341 e. The summed E-state index contributed by atoms with van der Waals surface area (Å²) in [4.78, 5) is 13.8. The van der Waals surface area contributed by atoms with Gasteiger partial charge >= 0.3 is 0 Å². The Morgan fingerprint density at radius 3 is 2.71 bits per heavy atom. The van der Waals surface area contributed by atoms with E-state index in [1.807, 2.05) is 11.8 Å². The van der Waals surface area contributed by atoms with Crippen LogP contribution in [0.3, 0.4) is 0 Å². The molecule has 3 atom stereocenters. The monoisotopic (exact) mass is 198 g/mol. The second-order valence-corrected chi connectivity index (χ2v) is 4.59. The van der Waals surface area contributed by atoms with Gasteiger partial charge in [-0.3, -0.25) is 4.79 Å². The van der Waals surface area contributed by atoms with Gasteiger partial charge in [-0.2, -0.15) is 0 Å². The van der Waals surface area contributed by atoms with Crippen LogP contribution in [0.15, 0.2) is 0 Å². The smallest absolute Gasteiger partial charge is 0.239 e. The van der Waals surface area contributed by atoms with E-state index in [2.05, 4.69) is 13.8 Å². The average Bonchev–Trinajstić information content (AvgIpc) is 2.61. The molecule has 0 aliphatic carbocycles. The Kier molecular flexibility index (Phi) is 3.93. The topological polar surface area (TPSA) is 46.3 Å². The predicted octanol–water partition coefficient (Wildman–Crippen LogP) is 1.23. The number of hydrogen-bond donors (Lipinski definition) is 1. The van der Waals surface area contributed by atoms with Crippen LogP contribution in [0.25, 0.3) is 0 Å². The van der Waals surface area contributed by atoms with Gasteiger partial charge in [-0.1, -0.05) is 27.2 Å². The molecule has 82 valence electrons. The summed E-state index contributed by atoms with van der Waals surface area (Å²) >= 11 is 0. The Morgan fingerprint density at radius 2 is 2.29 bits per heavy atom. The molecule has 0 spiro atoms. The molecule has 0 radical (unpaired) electrons. The molecule has 1 fully saturated rings. The van der Waals surface area contributed by atoms with Crippen molar-refractivity contribution in [3.8, 4) is 0 Å². The van der Waals surface area contributed by atoms with E-state index in [-0.39, 0.29) is 11.9 Å². The summed E-state index contributed by atoms with van der Waals surface area (Å²) in [5.74, 6) is 1.07. The predicted molar refractivity (Wildman–Crippen MR) is 57.8 cm³/mol. The van der Waals surface area contributed by atoms with Crippen LogP contribution < -0.4 is 5.73 Å². The van der Waals surface area contributed by atoms with Gasteiger partial charge in [-0.25, -0.2) is 0 Å². The van der Waals surface area contributed by atoms with Crippen LogP contribution >= 0.6 is 0 Å². The summed E-state index contributed by atoms with van der Waals surface area (Å²) in [6.45, 7) is 8.08. The van der Waals surface area contributed by atoms with Crippen molar-refractivity contribution in [1.82, 2.24) is 4.90 Å². The molecular formula is C11H22N2O. The Labute approximate surface area is 86.6 Å². The fourth-order valence-electron chi connectivity index (χ4n) is 1.84. The zero-order valence-electron chi connectivity index (χ0n) is 9.49. The highest BCUT2D eigenvalue weighted by atomic mass is 16.2. The number of carbonyl (C=O) groups excluding carboxylic acids is 1. The van der Waals surface area contributed by atoms with E-state index in [1.54, 1.807) is 0 Å². The number of likely N-dealkylation sites (tertiary alicyclic amines) is 1. The lowest BCUT2D eigenvalue weighted by Gasteiger charge is -2.24. The van der Waals surface area contributed by atoms with Gasteiger partial charge in [0.25, 0.3) is 0 Å². The lowest BCUT2D eigenvalue weighted by molar-refractivity contribution is -0.132. The molecule has 3 heteroatoms. The van der Waals surface area contributed by atoms with Crippen LogP contribution in [-0.4, -0.2) is 29.9 Å². The maximum absolute atomic E-state index is 11.9. The lowest BCUT2D eigenvalue weighted by Crippen LogP contribution is -2.46. The van der Waals surface area contributed by atoms with Crippen LogP contribution in [0, 0.1) is 11.8 Å². The van der Waals surface area contributed by atoms with Gasteiger partial charge in [-0.15, -0.1) is 0 Å². The highest BCUT2D eigenvalue weighted by Gasteiger charge is 2.29. The molecule has 3 nitrogen and oxygen atoms in total. The van der Waals surface area contributed by atoms with Crippen molar-refractivity contribution in [2.24, 2.45) is 17.6 Å². The first-order chi connectivity index (χ1) is 6.56. The number of hydrogen-bond acceptors (Lipinski definition) is 2. The van der Waals surface area contributed by atoms with E-state index in [1.165, 1.54) is 0 Å². The van der Waals surface area contributed by atoms with E-state index < -0.39 is 0 Å². The SMILES string of the molecule is CCC(C)[C@H](N)C(=O)N1CCC(C)C1. The van der Waals surface area contributed by atoms with Crippen LogP contribution in [0.5, 0.6) is 0 Å². The van der Waals surface area contributed by atoms with Crippen LogP contribution in [0.4, 0.5) is 0 Å². The number of carbonyl (C=O) groups is 1. The normalized spacial score (nSPS) is 26.3. The first kappa shape index (κ1) is 11.5. The van der Waals surface area contributed by atoms with Crippen molar-refractivity contribution in [1.29, 1.82) is 0 Å². The summed E-state index contributed by atoms with van der Waals surface area (Å²) < 4.78 is 0. The minimum absolute atomic E-state index is 0.142. The second kappa shape index (κ2) is 4.78. The van der Waals surface area contributed by atoms with Gasteiger partial charge in [0, 0.05) is 13.1 Å². The first-order valence-electron chi connectivity index (χ1n) is 5.60. The summed E-state index contributed by atoms with van der Waals surface area (Å²) in [7, 11) is 0. The molecular weight excluding hydrogens is 176 g/mol. The third kappa shape index (κ3) is 2.47. The van der Waals surface area contributed by atoms with Gasteiger partial charge in [0.1, 0.15) is 0 Å². The molecule has 1 aliphatic rings. The van der Waals surface area contributed by atoms with E-state index in [4.69, 9.17) is 5.73 Å². The molecule has 0 aromatic heterocycles. The van der Waals surface area contributed by atoms with Crippen LogP contribution in [0.1, 0.15) is 33.6 Å². The van der Waals surface area contributed by atoms with Gasteiger partial charge in [0.05, 0.1) is 6.04 Å². The van der Waals surface area contributed by atoms with Crippen molar-refractivity contribution in [2.45, 2.75) is 39.7 Å². The van der Waals surface area contributed by atoms with Gasteiger partial charge in [-0.05, 0) is 18.3 Å². The van der Waals surface area contributed by atoms with E-state index in [0.29, 0.717) is 11.8 Å². The third-order valence-corrected chi connectivity index (χ3v) is 3.28. The number of amides is 1. The summed E-state index contributed by atoms with van der Waals surface area (Å²) in [5.41, 5.74) is 5.91. The summed E-state index contributed by atoms with van der Waals surface area (Å²) in [6.07, 6.45) is 2.09. The molecule has 0 bridgehead atoms. The number of nitrogens with two attached hydrogens (primary N) is 1. The van der Waals surface area contributed by atoms with E-state index in [0.717, 1.165) is 25.9 Å². The highest BCUT2D eigenvalue weighted by molar-refractivity contribution is 5.82. The van der Waals surface area contributed by atoms with Crippen molar-refractivity contribution in [2.75, 3.05) is 13.1 Å². The molecule has 2 N–H and O–H groups in total. The van der Waals surface area contributed by atoms with Crippen molar-refractivity contribution < 1.29 is 4.79 Å². The van der Waals surface area contributed by atoms with Crippen LogP contribution in [0.2, 0.25) is 0 Å². The van der Waals surface area contributed by atoms with Crippen LogP contribution in [-0.2, 0) is 4.79 Å². The maximum atomic E-state index is 11.9. The molecule has 0 aromatic rings. The Morgan fingerprint density at radius 1 is 1.64 bits per heavy atom. The molecule has 0 saturated carbocycles. The van der Waals surface area contributed by atoms with Gasteiger partial charge in [0.2, 0.25) is 5.91 Å². The maximum Gasteiger partial charge on any atom is 0.239 e. The van der Waals surface area contributed by atoms with Gasteiger partial charge < -0.3 is 10.6 Å². The van der Waals surface area contributed by atoms with Crippen molar-refractivity contribution in [3.05, 3.63) is 0 Å². The Hall–Kier alpha value is -0.570. The molecule has 1 amide bonds.